The lowest BCUT2D eigenvalue weighted by Gasteiger charge is -2.37. The molecule has 0 bridgehead atoms. The fourth-order valence-electron chi connectivity index (χ4n) is 2.32. The van der Waals surface area contributed by atoms with E-state index in [0.717, 1.165) is 0 Å². The average Bonchev–Trinajstić information content (AvgIpc) is 2.43. The molecule has 14 heavy (non-hydrogen) atoms. The summed E-state index contributed by atoms with van der Waals surface area (Å²) in [5.41, 5.74) is 5.74. The lowest BCUT2D eigenvalue weighted by molar-refractivity contribution is -0.141. The van der Waals surface area contributed by atoms with E-state index < -0.39 is 6.23 Å². The van der Waals surface area contributed by atoms with Crippen LogP contribution in [0.5, 0.6) is 0 Å². The first-order chi connectivity index (χ1) is 6.61. The summed E-state index contributed by atoms with van der Waals surface area (Å²) in [4.78, 5) is 13.1. The predicted octanol–water partition coefficient (Wildman–Crippen LogP) is -1.31. The maximum atomic E-state index is 11.3. The first-order valence-electron chi connectivity index (χ1n) is 4.90. The Labute approximate surface area is 82.8 Å². The molecule has 2 aliphatic rings. The Bertz CT molecular complexity index is 246. The first-order valence-corrected chi connectivity index (χ1v) is 4.90. The maximum absolute atomic E-state index is 11.3. The van der Waals surface area contributed by atoms with Crippen LogP contribution in [-0.2, 0) is 9.53 Å². The van der Waals surface area contributed by atoms with E-state index in [-0.39, 0.29) is 23.9 Å². The van der Waals surface area contributed by atoms with Crippen molar-refractivity contribution < 1.29 is 14.6 Å². The van der Waals surface area contributed by atoms with Crippen LogP contribution in [0.25, 0.3) is 0 Å². The molecule has 4 atom stereocenters. The van der Waals surface area contributed by atoms with Crippen molar-refractivity contribution >= 4 is 5.78 Å². The van der Waals surface area contributed by atoms with E-state index in [1.807, 2.05) is 0 Å². The zero-order chi connectivity index (χ0) is 10.3. The van der Waals surface area contributed by atoms with Crippen molar-refractivity contribution in [3.8, 4) is 0 Å². The highest BCUT2D eigenvalue weighted by Gasteiger charge is 2.45. The Balaban J connectivity index is 2.18. The van der Waals surface area contributed by atoms with Crippen LogP contribution in [0.15, 0.2) is 0 Å². The molecule has 0 spiro atoms. The fourth-order valence-corrected chi connectivity index (χ4v) is 2.32. The number of nitrogens with zero attached hydrogens (tertiary/aromatic N) is 1. The Hall–Kier alpha value is -0.490. The Morgan fingerprint density at radius 1 is 1.57 bits per heavy atom. The molecule has 2 saturated heterocycles. The summed E-state index contributed by atoms with van der Waals surface area (Å²) in [6, 6.07) is -0.483. The van der Waals surface area contributed by atoms with Crippen molar-refractivity contribution in [1.82, 2.24) is 4.90 Å². The third-order valence-corrected chi connectivity index (χ3v) is 3.07. The number of fused-ring (bicyclic) bond motifs is 1. The highest BCUT2D eigenvalue weighted by Crippen LogP contribution is 2.28. The van der Waals surface area contributed by atoms with Crippen LogP contribution >= 0.6 is 0 Å². The molecule has 80 valence electrons. The van der Waals surface area contributed by atoms with Gasteiger partial charge >= 0.3 is 0 Å². The van der Waals surface area contributed by atoms with Crippen molar-refractivity contribution in [1.29, 1.82) is 0 Å². The summed E-state index contributed by atoms with van der Waals surface area (Å²) < 4.78 is 5.32. The first kappa shape index (κ1) is 10.0. The van der Waals surface area contributed by atoms with Crippen LogP contribution in [0, 0.1) is 0 Å². The number of ether oxygens (including phenoxy) is 1. The molecule has 2 heterocycles. The molecule has 2 aliphatic heterocycles. The van der Waals surface area contributed by atoms with Gasteiger partial charge in [-0.1, -0.05) is 0 Å². The lowest BCUT2D eigenvalue weighted by Crippen LogP contribution is -2.56. The number of nitrogens with two attached hydrogens (primary N) is 1. The van der Waals surface area contributed by atoms with Crippen molar-refractivity contribution in [2.24, 2.45) is 5.73 Å². The van der Waals surface area contributed by atoms with E-state index in [1.165, 1.54) is 6.92 Å². The highest BCUT2D eigenvalue weighted by atomic mass is 16.5. The van der Waals surface area contributed by atoms with Crippen LogP contribution in [0.3, 0.4) is 0 Å². The molecule has 2 fully saturated rings. The molecule has 0 aromatic heterocycles. The van der Waals surface area contributed by atoms with Gasteiger partial charge in [-0.15, -0.1) is 0 Å². The Morgan fingerprint density at radius 2 is 2.29 bits per heavy atom. The minimum Gasteiger partial charge on any atom is -0.378 e. The number of Topliss-reactive ketones (excluding diaryl/α,β-unsaturated/α-hetero) is 1. The van der Waals surface area contributed by atoms with E-state index in [4.69, 9.17) is 10.5 Å². The predicted molar refractivity (Wildman–Crippen MR) is 49.5 cm³/mol. The second kappa shape index (κ2) is 3.58. The van der Waals surface area contributed by atoms with E-state index in [9.17, 15) is 9.90 Å². The van der Waals surface area contributed by atoms with Crippen LogP contribution in [-0.4, -0.2) is 53.4 Å². The van der Waals surface area contributed by atoms with Gasteiger partial charge in [0.25, 0.3) is 0 Å². The van der Waals surface area contributed by atoms with Crippen LogP contribution in [0.4, 0.5) is 0 Å². The molecule has 0 saturated carbocycles. The number of aliphatic hydroxyl groups is 1. The zero-order valence-corrected chi connectivity index (χ0v) is 8.22. The monoisotopic (exact) mass is 200 g/mol. The summed E-state index contributed by atoms with van der Waals surface area (Å²) in [7, 11) is 0. The number of hydrogen-bond acceptors (Lipinski definition) is 5. The summed E-state index contributed by atoms with van der Waals surface area (Å²) in [5, 5.41) is 9.81. The average molecular weight is 200 g/mol. The maximum Gasteiger partial charge on any atom is 0.149 e. The topological polar surface area (TPSA) is 75.8 Å². The molecule has 4 unspecified atom stereocenters. The van der Waals surface area contributed by atoms with Crippen LogP contribution in [0.2, 0.25) is 0 Å². The van der Waals surface area contributed by atoms with E-state index in [2.05, 4.69) is 0 Å². The lowest BCUT2D eigenvalue weighted by atomic mass is 10.1. The third kappa shape index (κ3) is 1.46. The van der Waals surface area contributed by atoms with Gasteiger partial charge in [0.1, 0.15) is 12.0 Å². The molecular weight excluding hydrogens is 184 g/mol. The summed E-state index contributed by atoms with van der Waals surface area (Å²) in [5.74, 6) is 0.0304. The molecule has 0 aromatic rings. The van der Waals surface area contributed by atoms with E-state index >= 15 is 0 Å². The number of carbonyl (C=O) groups is 1. The molecule has 2 rings (SSSR count). The highest BCUT2D eigenvalue weighted by molar-refractivity contribution is 5.81. The summed E-state index contributed by atoms with van der Waals surface area (Å²) >= 11 is 0. The smallest absolute Gasteiger partial charge is 0.149 e. The SMILES string of the molecule is CC(=O)C1COCC2CC(N)C(O)N21. The normalized spacial score (nSPS) is 43.6. The largest absolute Gasteiger partial charge is 0.378 e. The number of aliphatic hydroxyl groups excluding tert-OH is 1. The van der Waals surface area contributed by atoms with Gasteiger partial charge in [-0.05, 0) is 13.3 Å². The van der Waals surface area contributed by atoms with Gasteiger partial charge in [0.2, 0.25) is 0 Å². The van der Waals surface area contributed by atoms with Gasteiger partial charge in [0.05, 0.1) is 19.3 Å². The standard InChI is InChI=1S/C9H16N2O3/c1-5(12)8-4-14-3-6-2-7(10)9(13)11(6)8/h6-9,13H,2-4,10H2,1H3. The Kier molecular flexibility index (Phi) is 2.57. The van der Waals surface area contributed by atoms with Gasteiger partial charge in [-0.2, -0.15) is 0 Å². The van der Waals surface area contributed by atoms with Gasteiger partial charge in [-0.25, -0.2) is 0 Å². The minimum absolute atomic E-state index is 0.0304. The van der Waals surface area contributed by atoms with Gasteiger partial charge < -0.3 is 15.6 Å². The van der Waals surface area contributed by atoms with Gasteiger partial charge in [0, 0.05) is 12.1 Å². The second-order valence-electron chi connectivity index (χ2n) is 4.08. The minimum atomic E-state index is -0.696. The Morgan fingerprint density at radius 3 is 2.93 bits per heavy atom. The van der Waals surface area contributed by atoms with Crippen LogP contribution < -0.4 is 5.73 Å². The molecule has 5 nitrogen and oxygen atoms in total. The van der Waals surface area contributed by atoms with E-state index in [0.29, 0.717) is 19.6 Å². The number of hydrogen-bond donors (Lipinski definition) is 2. The number of ketones is 1. The zero-order valence-electron chi connectivity index (χ0n) is 8.22. The number of morpholine rings is 1. The molecule has 3 N–H and O–H groups in total. The molecular formula is C9H16N2O3. The summed E-state index contributed by atoms with van der Waals surface area (Å²) in [6.07, 6.45) is 0.00287. The third-order valence-electron chi connectivity index (χ3n) is 3.07. The number of carbonyl (C=O) groups excluding carboxylic acids is 1. The number of rotatable bonds is 1. The second-order valence-corrected chi connectivity index (χ2v) is 4.08. The van der Waals surface area contributed by atoms with Crippen molar-refractivity contribution in [2.45, 2.75) is 37.7 Å². The molecule has 0 amide bonds. The van der Waals surface area contributed by atoms with E-state index in [1.54, 1.807) is 4.90 Å². The molecule has 0 aliphatic carbocycles. The quantitative estimate of drug-likeness (QED) is 0.550. The molecule has 5 heteroatoms. The molecule has 0 aromatic carbocycles. The fraction of sp³-hybridized carbons (Fsp3) is 0.889. The molecule has 0 radical (unpaired) electrons. The van der Waals surface area contributed by atoms with Crippen LogP contribution in [0.1, 0.15) is 13.3 Å². The van der Waals surface area contributed by atoms with Crippen molar-refractivity contribution in [3.63, 3.8) is 0 Å². The van der Waals surface area contributed by atoms with Crippen molar-refractivity contribution in [3.05, 3.63) is 0 Å². The van der Waals surface area contributed by atoms with Crippen molar-refractivity contribution in [2.75, 3.05) is 13.2 Å². The summed E-state index contributed by atoms with van der Waals surface area (Å²) in [6.45, 7) is 2.46. The van der Waals surface area contributed by atoms with Gasteiger partial charge in [-0.3, -0.25) is 9.69 Å². The van der Waals surface area contributed by atoms with Gasteiger partial charge in [0.15, 0.2) is 0 Å².